The Hall–Kier alpha value is -2.05. The molecule has 0 fully saturated rings. The number of hydrogen-bond donors (Lipinski definition) is 2. The maximum Gasteiger partial charge on any atom is 0.140 e. The van der Waals surface area contributed by atoms with E-state index in [2.05, 4.69) is 26.2 Å². The van der Waals surface area contributed by atoms with E-state index < -0.39 is 0 Å². The molecule has 5 nitrogen and oxygen atoms in total. The third-order valence-corrected chi connectivity index (χ3v) is 4.08. The molecule has 0 spiro atoms. The highest BCUT2D eigenvalue weighted by atomic mass is 79.9. The third-order valence-electron chi connectivity index (χ3n) is 3.67. The van der Waals surface area contributed by atoms with Crippen LogP contribution in [-0.4, -0.2) is 29.0 Å². The van der Waals surface area contributed by atoms with E-state index in [1.54, 1.807) is 6.26 Å². The van der Waals surface area contributed by atoms with E-state index in [1.165, 1.54) is 0 Å². The number of nitrogens with one attached hydrogen (secondary N) is 1. The Morgan fingerprint density at radius 3 is 3.14 bits per heavy atom. The van der Waals surface area contributed by atoms with Crippen LogP contribution in [0.1, 0.15) is 5.56 Å². The highest BCUT2D eigenvalue weighted by Gasteiger charge is 2.31. The zero-order valence-electron chi connectivity index (χ0n) is 11.0. The molecule has 1 atom stereocenters. The number of benzene rings is 1. The standard InChI is InChI=1S/C15H12BrN3O2/c16-13-7-19-11(8-20)15(18-14(19)6-17-13)10-1-2-12-9(5-10)3-4-21-12/h1-7,14,18,20H,8H2. The summed E-state index contributed by atoms with van der Waals surface area (Å²) in [4.78, 5) is 6.21. The van der Waals surface area contributed by atoms with Crippen molar-refractivity contribution in [3.05, 3.63) is 52.6 Å². The second-order valence-corrected chi connectivity index (χ2v) is 5.69. The molecule has 2 aliphatic heterocycles. The van der Waals surface area contributed by atoms with Crippen molar-refractivity contribution < 1.29 is 9.52 Å². The zero-order chi connectivity index (χ0) is 14.4. The molecule has 0 amide bonds. The molecule has 21 heavy (non-hydrogen) atoms. The molecular weight excluding hydrogens is 334 g/mol. The summed E-state index contributed by atoms with van der Waals surface area (Å²) in [5.74, 6) is 0. The van der Waals surface area contributed by atoms with Gasteiger partial charge in [0.1, 0.15) is 16.4 Å². The Kier molecular flexibility index (Phi) is 2.87. The fourth-order valence-electron chi connectivity index (χ4n) is 2.69. The van der Waals surface area contributed by atoms with Crippen molar-refractivity contribution in [2.75, 3.05) is 6.61 Å². The summed E-state index contributed by atoms with van der Waals surface area (Å²) in [7, 11) is 0. The van der Waals surface area contributed by atoms with Gasteiger partial charge >= 0.3 is 0 Å². The largest absolute Gasteiger partial charge is 0.464 e. The van der Waals surface area contributed by atoms with Gasteiger partial charge in [-0.1, -0.05) is 0 Å². The quantitative estimate of drug-likeness (QED) is 0.821. The minimum absolute atomic E-state index is 0.0487. The van der Waals surface area contributed by atoms with E-state index in [1.807, 2.05) is 41.6 Å². The van der Waals surface area contributed by atoms with Crippen molar-refractivity contribution >= 4 is 38.8 Å². The molecule has 0 bridgehead atoms. The van der Waals surface area contributed by atoms with Crippen LogP contribution in [0.15, 0.2) is 56.4 Å². The second kappa shape index (κ2) is 4.75. The maximum absolute atomic E-state index is 9.75. The van der Waals surface area contributed by atoms with Gasteiger partial charge in [-0.15, -0.1) is 0 Å². The molecule has 1 aromatic carbocycles. The molecule has 0 saturated heterocycles. The molecular formula is C15H12BrN3O2. The van der Waals surface area contributed by atoms with Crippen LogP contribution in [0.5, 0.6) is 0 Å². The number of aliphatic imine (C=N–C) groups is 1. The summed E-state index contributed by atoms with van der Waals surface area (Å²) in [6.45, 7) is -0.0487. The SMILES string of the molecule is OCC1=C(c2ccc3occc3c2)NC2C=NC(Br)=CN12. The Bertz CT molecular complexity index is 806. The number of rotatable bonds is 2. The number of nitrogens with zero attached hydrogens (tertiary/aromatic N) is 2. The van der Waals surface area contributed by atoms with Crippen molar-refractivity contribution in [3.8, 4) is 0 Å². The van der Waals surface area contributed by atoms with Gasteiger partial charge in [0.15, 0.2) is 0 Å². The van der Waals surface area contributed by atoms with Crippen molar-refractivity contribution in [2.24, 2.45) is 4.99 Å². The number of hydrogen-bond acceptors (Lipinski definition) is 5. The fraction of sp³-hybridized carbons (Fsp3) is 0.133. The van der Waals surface area contributed by atoms with Gasteiger partial charge in [0, 0.05) is 23.4 Å². The number of aliphatic hydroxyl groups is 1. The second-order valence-electron chi connectivity index (χ2n) is 4.88. The lowest BCUT2D eigenvalue weighted by Crippen LogP contribution is -2.37. The van der Waals surface area contributed by atoms with Gasteiger partial charge in [-0.3, -0.25) is 0 Å². The lowest BCUT2D eigenvalue weighted by atomic mass is 10.1. The van der Waals surface area contributed by atoms with Gasteiger partial charge < -0.3 is 19.7 Å². The van der Waals surface area contributed by atoms with Gasteiger partial charge in [-0.2, -0.15) is 0 Å². The molecule has 4 rings (SSSR count). The molecule has 0 saturated carbocycles. The van der Waals surface area contributed by atoms with Crippen LogP contribution < -0.4 is 5.32 Å². The molecule has 106 valence electrons. The number of furan rings is 1. The molecule has 0 aliphatic carbocycles. The van der Waals surface area contributed by atoms with Gasteiger partial charge in [-0.25, -0.2) is 4.99 Å². The van der Waals surface area contributed by atoms with Crippen molar-refractivity contribution in [1.29, 1.82) is 0 Å². The van der Waals surface area contributed by atoms with Crippen molar-refractivity contribution in [1.82, 2.24) is 10.2 Å². The van der Waals surface area contributed by atoms with E-state index >= 15 is 0 Å². The van der Waals surface area contributed by atoms with E-state index in [-0.39, 0.29) is 12.8 Å². The highest BCUT2D eigenvalue weighted by molar-refractivity contribution is 9.11. The summed E-state index contributed by atoms with van der Waals surface area (Å²) in [5, 5.41) is 14.2. The van der Waals surface area contributed by atoms with Crippen LogP contribution >= 0.6 is 15.9 Å². The van der Waals surface area contributed by atoms with Gasteiger partial charge in [0.25, 0.3) is 0 Å². The van der Waals surface area contributed by atoms with E-state index in [0.717, 1.165) is 32.5 Å². The van der Waals surface area contributed by atoms with Crippen LogP contribution in [0.2, 0.25) is 0 Å². The summed E-state index contributed by atoms with van der Waals surface area (Å²) < 4.78 is 6.10. The smallest absolute Gasteiger partial charge is 0.140 e. The van der Waals surface area contributed by atoms with E-state index in [9.17, 15) is 5.11 Å². The number of fused-ring (bicyclic) bond motifs is 2. The van der Waals surface area contributed by atoms with E-state index in [4.69, 9.17) is 4.42 Å². The Morgan fingerprint density at radius 2 is 2.29 bits per heavy atom. The highest BCUT2D eigenvalue weighted by Crippen LogP contribution is 2.31. The van der Waals surface area contributed by atoms with Crippen molar-refractivity contribution in [3.63, 3.8) is 0 Å². The molecule has 1 unspecified atom stereocenters. The van der Waals surface area contributed by atoms with Gasteiger partial charge in [0.2, 0.25) is 0 Å². The van der Waals surface area contributed by atoms with Crippen molar-refractivity contribution in [2.45, 2.75) is 6.17 Å². The Morgan fingerprint density at radius 1 is 1.38 bits per heavy atom. The third kappa shape index (κ3) is 1.99. The first-order valence-electron chi connectivity index (χ1n) is 6.54. The lowest BCUT2D eigenvalue weighted by Gasteiger charge is -2.24. The first kappa shape index (κ1) is 12.7. The molecule has 2 N–H and O–H groups in total. The molecule has 2 aliphatic rings. The van der Waals surface area contributed by atoms with Crippen LogP contribution in [0.3, 0.4) is 0 Å². The summed E-state index contributed by atoms with van der Waals surface area (Å²) in [6.07, 6.45) is 5.28. The average molecular weight is 346 g/mol. The normalized spacial score (nSPS) is 20.8. The molecule has 3 heterocycles. The van der Waals surface area contributed by atoms with Gasteiger partial charge in [-0.05, 0) is 40.2 Å². The minimum Gasteiger partial charge on any atom is -0.464 e. The first-order chi connectivity index (χ1) is 10.3. The monoisotopic (exact) mass is 345 g/mol. The van der Waals surface area contributed by atoms with Crippen LogP contribution in [0.25, 0.3) is 16.7 Å². The molecule has 2 aromatic rings. The van der Waals surface area contributed by atoms with Crippen LogP contribution in [0.4, 0.5) is 0 Å². The predicted molar refractivity (Wildman–Crippen MR) is 84.5 cm³/mol. The lowest BCUT2D eigenvalue weighted by molar-refractivity contribution is 0.284. The average Bonchev–Trinajstić information content (AvgIpc) is 3.09. The predicted octanol–water partition coefficient (Wildman–Crippen LogP) is 2.60. The Labute approximate surface area is 129 Å². The van der Waals surface area contributed by atoms with Crippen LogP contribution in [0, 0.1) is 0 Å². The van der Waals surface area contributed by atoms with Gasteiger partial charge in [0.05, 0.1) is 24.3 Å². The molecule has 0 radical (unpaired) electrons. The molecule has 1 aromatic heterocycles. The number of halogens is 1. The summed E-state index contributed by atoms with van der Waals surface area (Å²) >= 11 is 3.36. The zero-order valence-corrected chi connectivity index (χ0v) is 12.5. The summed E-state index contributed by atoms with van der Waals surface area (Å²) in [5.41, 5.74) is 3.60. The topological polar surface area (TPSA) is 61.0 Å². The first-order valence-corrected chi connectivity index (χ1v) is 7.33. The fourth-order valence-corrected chi connectivity index (χ4v) is 3.03. The Balaban J connectivity index is 1.82. The minimum atomic E-state index is -0.0662. The van der Waals surface area contributed by atoms with E-state index in [0.29, 0.717) is 0 Å². The summed E-state index contributed by atoms with van der Waals surface area (Å²) in [6, 6.07) is 7.90. The van der Waals surface area contributed by atoms with Crippen LogP contribution in [-0.2, 0) is 0 Å². The molecule has 6 heteroatoms. The number of aliphatic hydroxyl groups excluding tert-OH is 1. The maximum atomic E-state index is 9.75.